The number of nitrogens with one attached hydrogen (secondary N) is 1. The summed E-state index contributed by atoms with van der Waals surface area (Å²) >= 11 is 5.52. The first-order valence-corrected chi connectivity index (χ1v) is 6.85. The van der Waals surface area contributed by atoms with Crippen molar-refractivity contribution in [3.8, 4) is 0 Å². The van der Waals surface area contributed by atoms with Crippen LogP contribution in [-0.4, -0.2) is 5.91 Å². The van der Waals surface area contributed by atoms with Crippen molar-refractivity contribution in [1.82, 2.24) is 0 Å². The van der Waals surface area contributed by atoms with Crippen LogP contribution in [0.4, 0.5) is 5.69 Å². The summed E-state index contributed by atoms with van der Waals surface area (Å²) in [6, 6.07) is 15.0. The Labute approximate surface area is 122 Å². The third-order valence-corrected chi connectivity index (χ3v) is 3.63. The van der Waals surface area contributed by atoms with Crippen molar-refractivity contribution in [3.05, 3.63) is 62.1 Å². The molecule has 0 aliphatic heterocycles. The van der Waals surface area contributed by atoms with Crippen LogP contribution in [0.25, 0.3) is 0 Å². The Balaban J connectivity index is 2.20. The molecule has 0 aliphatic carbocycles. The molecule has 0 unspecified atom stereocenters. The van der Waals surface area contributed by atoms with E-state index in [1.807, 2.05) is 48.5 Å². The lowest BCUT2D eigenvalue weighted by Crippen LogP contribution is -2.13. The van der Waals surface area contributed by atoms with Gasteiger partial charge in [-0.05, 0) is 52.9 Å². The minimum atomic E-state index is -0.0897. The molecule has 0 heterocycles. The highest BCUT2D eigenvalue weighted by Gasteiger charge is 2.09. The van der Waals surface area contributed by atoms with E-state index in [9.17, 15) is 4.79 Å². The molecule has 2 nitrogen and oxygen atoms in total. The number of benzene rings is 2. The second kappa shape index (κ2) is 5.64. The molecule has 17 heavy (non-hydrogen) atoms. The fourth-order valence-electron chi connectivity index (χ4n) is 1.41. The van der Waals surface area contributed by atoms with E-state index in [2.05, 4.69) is 43.8 Å². The van der Waals surface area contributed by atoms with Crippen molar-refractivity contribution in [1.29, 1.82) is 0 Å². The molecule has 0 aromatic heterocycles. The maximum Gasteiger partial charge on any atom is 0.256 e. The molecule has 0 fully saturated rings. The molecule has 2 aromatic rings. The van der Waals surface area contributed by atoms with Crippen molar-refractivity contribution < 1.29 is 4.79 Å². The van der Waals surface area contributed by atoms with Crippen molar-refractivity contribution >= 4 is 50.1 Å². The van der Waals surface area contributed by atoms with Crippen LogP contribution in [0.1, 0.15) is 10.4 Å². The standard InChI is InChI=1S/C13H9BrINO/c14-9-4-3-5-10(8-9)16-13(17)11-6-1-2-7-12(11)15/h1-8H,(H,16,17). The maximum absolute atomic E-state index is 12.0. The van der Waals surface area contributed by atoms with Gasteiger partial charge in [0.15, 0.2) is 0 Å². The van der Waals surface area contributed by atoms with Gasteiger partial charge in [-0.2, -0.15) is 0 Å². The Morgan fingerprint density at radius 3 is 2.59 bits per heavy atom. The number of anilines is 1. The largest absolute Gasteiger partial charge is 0.322 e. The number of halogens is 2. The molecule has 1 N–H and O–H groups in total. The summed E-state index contributed by atoms with van der Waals surface area (Å²) in [6.07, 6.45) is 0. The van der Waals surface area contributed by atoms with Crippen LogP contribution in [-0.2, 0) is 0 Å². The van der Waals surface area contributed by atoms with E-state index in [4.69, 9.17) is 0 Å². The monoisotopic (exact) mass is 401 g/mol. The lowest BCUT2D eigenvalue weighted by Gasteiger charge is -2.06. The van der Waals surface area contributed by atoms with Gasteiger partial charge in [-0.25, -0.2) is 0 Å². The summed E-state index contributed by atoms with van der Waals surface area (Å²) in [5.74, 6) is -0.0897. The zero-order valence-electron chi connectivity index (χ0n) is 8.78. The number of amides is 1. The van der Waals surface area contributed by atoms with Crippen molar-refractivity contribution in [2.45, 2.75) is 0 Å². The van der Waals surface area contributed by atoms with E-state index < -0.39 is 0 Å². The van der Waals surface area contributed by atoms with Crippen LogP contribution < -0.4 is 5.32 Å². The predicted molar refractivity (Wildman–Crippen MR) is 81.3 cm³/mol. The molecule has 2 rings (SSSR count). The SMILES string of the molecule is O=C(Nc1cccc(Br)c1)c1ccccc1I. The van der Waals surface area contributed by atoms with Crippen molar-refractivity contribution in [3.63, 3.8) is 0 Å². The van der Waals surface area contributed by atoms with Gasteiger partial charge >= 0.3 is 0 Å². The highest BCUT2D eigenvalue weighted by molar-refractivity contribution is 14.1. The molecule has 86 valence electrons. The van der Waals surface area contributed by atoms with Crippen LogP contribution in [0, 0.1) is 3.57 Å². The molecule has 0 aliphatic rings. The zero-order valence-corrected chi connectivity index (χ0v) is 12.5. The second-order valence-electron chi connectivity index (χ2n) is 3.44. The average molecular weight is 402 g/mol. The van der Waals surface area contributed by atoms with Crippen LogP contribution in [0.2, 0.25) is 0 Å². The summed E-state index contributed by atoms with van der Waals surface area (Å²) in [5, 5.41) is 2.87. The average Bonchev–Trinajstić information content (AvgIpc) is 2.29. The summed E-state index contributed by atoms with van der Waals surface area (Å²) in [6.45, 7) is 0. The van der Waals surface area contributed by atoms with E-state index in [0.717, 1.165) is 13.7 Å². The molecular formula is C13H9BrINO. The molecule has 0 spiro atoms. The summed E-state index contributed by atoms with van der Waals surface area (Å²) in [5.41, 5.74) is 1.47. The number of rotatable bonds is 2. The maximum atomic E-state index is 12.0. The van der Waals surface area contributed by atoms with Crippen LogP contribution in [0.15, 0.2) is 53.0 Å². The van der Waals surface area contributed by atoms with Gasteiger partial charge in [-0.1, -0.05) is 34.1 Å². The van der Waals surface area contributed by atoms with Gasteiger partial charge in [0.25, 0.3) is 5.91 Å². The van der Waals surface area contributed by atoms with E-state index >= 15 is 0 Å². The lowest BCUT2D eigenvalue weighted by atomic mass is 10.2. The quantitative estimate of drug-likeness (QED) is 0.746. The normalized spacial score (nSPS) is 10.0. The van der Waals surface area contributed by atoms with Gasteiger partial charge in [-0.3, -0.25) is 4.79 Å². The van der Waals surface area contributed by atoms with Crippen molar-refractivity contribution in [2.24, 2.45) is 0 Å². The Morgan fingerprint density at radius 1 is 1.12 bits per heavy atom. The molecule has 4 heteroatoms. The minimum Gasteiger partial charge on any atom is -0.322 e. The minimum absolute atomic E-state index is 0.0897. The smallest absolute Gasteiger partial charge is 0.256 e. The third kappa shape index (κ3) is 3.29. The lowest BCUT2D eigenvalue weighted by molar-refractivity contribution is 0.102. The van der Waals surface area contributed by atoms with E-state index in [1.54, 1.807) is 0 Å². The third-order valence-electron chi connectivity index (χ3n) is 2.20. The molecule has 0 bridgehead atoms. The summed E-state index contributed by atoms with van der Waals surface area (Å²) < 4.78 is 1.88. The molecule has 0 saturated carbocycles. The van der Waals surface area contributed by atoms with Crippen molar-refractivity contribution in [2.75, 3.05) is 5.32 Å². The summed E-state index contributed by atoms with van der Waals surface area (Å²) in [7, 11) is 0. The number of carbonyl (C=O) groups is 1. The van der Waals surface area contributed by atoms with Gasteiger partial charge in [0, 0.05) is 13.7 Å². The zero-order chi connectivity index (χ0) is 12.3. The number of hydrogen-bond acceptors (Lipinski definition) is 1. The fraction of sp³-hybridized carbons (Fsp3) is 0. The van der Waals surface area contributed by atoms with E-state index in [1.165, 1.54) is 0 Å². The molecule has 0 saturated heterocycles. The highest BCUT2D eigenvalue weighted by Crippen LogP contribution is 2.18. The van der Waals surface area contributed by atoms with Gasteiger partial charge in [-0.15, -0.1) is 0 Å². The first-order valence-electron chi connectivity index (χ1n) is 4.98. The molecule has 1 amide bonds. The van der Waals surface area contributed by atoms with Crippen LogP contribution in [0.5, 0.6) is 0 Å². The Morgan fingerprint density at radius 2 is 1.88 bits per heavy atom. The highest BCUT2D eigenvalue weighted by atomic mass is 127. The van der Waals surface area contributed by atoms with Gasteiger partial charge in [0.2, 0.25) is 0 Å². The first kappa shape index (κ1) is 12.6. The Bertz CT molecular complexity index is 557. The Kier molecular flexibility index (Phi) is 4.17. The van der Waals surface area contributed by atoms with Gasteiger partial charge in [0.05, 0.1) is 5.56 Å². The number of hydrogen-bond donors (Lipinski definition) is 1. The number of carbonyl (C=O) groups excluding carboxylic acids is 1. The van der Waals surface area contributed by atoms with Crippen LogP contribution in [0.3, 0.4) is 0 Å². The predicted octanol–water partition coefficient (Wildman–Crippen LogP) is 4.31. The van der Waals surface area contributed by atoms with Gasteiger partial charge < -0.3 is 5.32 Å². The second-order valence-corrected chi connectivity index (χ2v) is 5.52. The van der Waals surface area contributed by atoms with E-state index in [0.29, 0.717) is 5.56 Å². The first-order chi connectivity index (χ1) is 8.16. The Hall–Kier alpha value is -0.880. The van der Waals surface area contributed by atoms with E-state index in [-0.39, 0.29) is 5.91 Å². The summed E-state index contributed by atoms with van der Waals surface area (Å²) in [4.78, 5) is 12.0. The topological polar surface area (TPSA) is 29.1 Å². The molecule has 0 atom stereocenters. The van der Waals surface area contributed by atoms with Crippen LogP contribution >= 0.6 is 38.5 Å². The fourth-order valence-corrected chi connectivity index (χ4v) is 2.44. The molecule has 2 aromatic carbocycles. The molecule has 0 radical (unpaired) electrons. The molecular weight excluding hydrogens is 393 g/mol. The van der Waals surface area contributed by atoms with Gasteiger partial charge in [0.1, 0.15) is 0 Å².